The van der Waals surface area contributed by atoms with Crippen LogP contribution in [0, 0.1) is 11.2 Å². The summed E-state index contributed by atoms with van der Waals surface area (Å²) in [6, 6.07) is 11.0. The number of carbonyl (C=O) groups excluding carboxylic acids is 2. The molecule has 2 aromatic rings. The standard InChI is InChI=1S/C22H24FN3O3/c23-15-4-1-7-18(12-15)26-11-10-22(21(26)29)9-3-6-16(13-22)25-20(28)19-8-2-5-17(14-27)24-19/h1-2,4-5,7-8,12,16,27H,3,6,9-11,13-14H2,(H,25,28). The van der Waals surface area contributed by atoms with E-state index in [0.717, 1.165) is 19.3 Å². The summed E-state index contributed by atoms with van der Waals surface area (Å²) in [5, 5.41) is 12.2. The first kappa shape index (κ1) is 19.5. The Bertz CT molecular complexity index is 935. The van der Waals surface area contributed by atoms with Crippen molar-refractivity contribution in [3.8, 4) is 0 Å². The van der Waals surface area contributed by atoms with E-state index in [4.69, 9.17) is 0 Å². The Morgan fingerprint density at radius 2 is 2.10 bits per heavy atom. The minimum Gasteiger partial charge on any atom is -0.390 e. The van der Waals surface area contributed by atoms with Gasteiger partial charge in [-0.2, -0.15) is 0 Å². The van der Waals surface area contributed by atoms with Crippen molar-refractivity contribution in [2.45, 2.75) is 44.8 Å². The van der Waals surface area contributed by atoms with E-state index < -0.39 is 5.41 Å². The average Bonchev–Trinajstić information content (AvgIpc) is 3.03. The van der Waals surface area contributed by atoms with Crippen LogP contribution in [-0.2, 0) is 11.4 Å². The number of nitrogens with one attached hydrogen (secondary N) is 1. The summed E-state index contributed by atoms with van der Waals surface area (Å²) in [7, 11) is 0. The zero-order valence-electron chi connectivity index (χ0n) is 16.1. The zero-order valence-corrected chi connectivity index (χ0v) is 16.1. The van der Waals surface area contributed by atoms with E-state index in [1.165, 1.54) is 12.1 Å². The van der Waals surface area contributed by atoms with Gasteiger partial charge in [-0.15, -0.1) is 0 Å². The summed E-state index contributed by atoms with van der Waals surface area (Å²) >= 11 is 0. The lowest BCUT2D eigenvalue weighted by Crippen LogP contribution is -2.46. The van der Waals surface area contributed by atoms with Crippen molar-refractivity contribution in [3.63, 3.8) is 0 Å². The van der Waals surface area contributed by atoms with E-state index in [0.29, 0.717) is 30.8 Å². The Kier molecular flexibility index (Phi) is 5.32. The average molecular weight is 397 g/mol. The molecule has 1 aliphatic heterocycles. The first-order chi connectivity index (χ1) is 14.0. The highest BCUT2D eigenvalue weighted by Crippen LogP contribution is 2.46. The summed E-state index contributed by atoms with van der Waals surface area (Å²) in [6.45, 7) is 0.334. The van der Waals surface area contributed by atoms with Crippen LogP contribution in [0.1, 0.15) is 48.3 Å². The van der Waals surface area contributed by atoms with Crippen molar-refractivity contribution >= 4 is 17.5 Å². The Hall–Kier alpha value is -2.80. The van der Waals surface area contributed by atoms with Gasteiger partial charge in [0.1, 0.15) is 11.5 Å². The second kappa shape index (κ2) is 7.91. The van der Waals surface area contributed by atoms with Gasteiger partial charge in [-0.05, 0) is 56.0 Å². The number of carbonyl (C=O) groups is 2. The first-order valence-electron chi connectivity index (χ1n) is 9.96. The van der Waals surface area contributed by atoms with Crippen LogP contribution in [0.25, 0.3) is 0 Å². The van der Waals surface area contributed by atoms with Crippen LogP contribution in [0.4, 0.5) is 10.1 Å². The molecule has 2 unspecified atom stereocenters. The number of rotatable bonds is 4. The molecule has 2 aliphatic rings. The summed E-state index contributed by atoms with van der Waals surface area (Å²) in [5.74, 6) is -0.639. The molecule has 1 aromatic carbocycles. The number of hydrogen-bond donors (Lipinski definition) is 2. The van der Waals surface area contributed by atoms with Gasteiger partial charge in [0.15, 0.2) is 0 Å². The molecular formula is C22H24FN3O3. The van der Waals surface area contributed by atoms with Crippen LogP contribution in [0.15, 0.2) is 42.5 Å². The Morgan fingerprint density at radius 3 is 2.90 bits per heavy atom. The minimum absolute atomic E-state index is 0.0162. The van der Waals surface area contributed by atoms with Gasteiger partial charge in [0.2, 0.25) is 5.91 Å². The zero-order chi connectivity index (χ0) is 20.4. The lowest BCUT2D eigenvalue weighted by Gasteiger charge is -2.36. The molecule has 2 atom stereocenters. The first-order valence-corrected chi connectivity index (χ1v) is 9.96. The molecule has 2 fully saturated rings. The Balaban J connectivity index is 1.46. The molecule has 1 spiro atoms. The van der Waals surface area contributed by atoms with E-state index in [-0.39, 0.29) is 36.0 Å². The van der Waals surface area contributed by atoms with Crippen LogP contribution in [0.2, 0.25) is 0 Å². The van der Waals surface area contributed by atoms with Gasteiger partial charge in [-0.25, -0.2) is 9.37 Å². The third-order valence-corrected chi connectivity index (χ3v) is 6.01. The molecule has 6 nitrogen and oxygen atoms in total. The van der Waals surface area contributed by atoms with Crippen molar-refractivity contribution in [1.29, 1.82) is 0 Å². The maximum absolute atomic E-state index is 13.6. The normalized spacial score (nSPS) is 24.1. The highest BCUT2D eigenvalue weighted by Gasteiger charge is 2.49. The minimum atomic E-state index is -0.511. The van der Waals surface area contributed by atoms with Gasteiger partial charge < -0.3 is 15.3 Å². The number of pyridine rings is 1. The molecule has 29 heavy (non-hydrogen) atoms. The maximum Gasteiger partial charge on any atom is 0.270 e. The Morgan fingerprint density at radius 1 is 1.28 bits per heavy atom. The number of aliphatic hydroxyl groups is 1. The number of aliphatic hydroxyl groups excluding tert-OH is 1. The molecule has 0 bridgehead atoms. The van der Waals surface area contributed by atoms with Crippen LogP contribution >= 0.6 is 0 Å². The van der Waals surface area contributed by atoms with Crippen LogP contribution in [-0.4, -0.2) is 34.5 Å². The predicted molar refractivity (Wildman–Crippen MR) is 106 cm³/mol. The van der Waals surface area contributed by atoms with E-state index in [9.17, 15) is 19.1 Å². The molecule has 4 rings (SSSR count). The second-order valence-electron chi connectivity index (χ2n) is 7.91. The molecule has 152 valence electrons. The summed E-state index contributed by atoms with van der Waals surface area (Å²) in [5.41, 5.74) is 0.774. The number of hydrogen-bond acceptors (Lipinski definition) is 4. The molecule has 1 saturated carbocycles. The molecule has 2 N–H and O–H groups in total. The molecule has 2 amide bonds. The molecule has 7 heteroatoms. The SMILES string of the molecule is O=C(NC1CCCC2(CCN(c3cccc(F)c3)C2=O)C1)c1cccc(CO)n1. The maximum atomic E-state index is 13.6. The van der Waals surface area contributed by atoms with Gasteiger partial charge in [0.25, 0.3) is 5.91 Å². The van der Waals surface area contributed by atoms with Crippen LogP contribution in [0.5, 0.6) is 0 Å². The number of anilines is 1. The fraction of sp³-hybridized carbons (Fsp3) is 0.409. The highest BCUT2D eigenvalue weighted by molar-refractivity contribution is 6.00. The highest BCUT2D eigenvalue weighted by atomic mass is 19.1. The lowest BCUT2D eigenvalue weighted by atomic mass is 9.71. The predicted octanol–water partition coefficient (Wildman–Crippen LogP) is 2.81. The van der Waals surface area contributed by atoms with E-state index >= 15 is 0 Å². The van der Waals surface area contributed by atoms with Gasteiger partial charge in [0, 0.05) is 18.3 Å². The monoisotopic (exact) mass is 397 g/mol. The fourth-order valence-corrected chi connectivity index (χ4v) is 4.57. The third kappa shape index (κ3) is 3.87. The number of nitrogens with zero attached hydrogens (tertiary/aromatic N) is 2. The lowest BCUT2D eigenvalue weighted by molar-refractivity contribution is -0.127. The van der Waals surface area contributed by atoms with Crippen molar-refractivity contribution in [2.75, 3.05) is 11.4 Å². The van der Waals surface area contributed by atoms with E-state index in [2.05, 4.69) is 10.3 Å². The van der Waals surface area contributed by atoms with Crippen LogP contribution < -0.4 is 10.2 Å². The van der Waals surface area contributed by atoms with Crippen LogP contribution in [0.3, 0.4) is 0 Å². The molecule has 1 aromatic heterocycles. The third-order valence-electron chi connectivity index (χ3n) is 6.01. The van der Waals surface area contributed by atoms with E-state index in [1.54, 1.807) is 35.2 Å². The van der Waals surface area contributed by atoms with Gasteiger partial charge in [0.05, 0.1) is 17.7 Å². The Labute approximate surface area is 168 Å². The van der Waals surface area contributed by atoms with Crippen molar-refractivity contribution in [2.24, 2.45) is 5.41 Å². The van der Waals surface area contributed by atoms with Crippen molar-refractivity contribution in [1.82, 2.24) is 10.3 Å². The van der Waals surface area contributed by atoms with E-state index in [1.807, 2.05) is 0 Å². The van der Waals surface area contributed by atoms with Gasteiger partial charge >= 0.3 is 0 Å². The number of halogens is 1. The molecular weight excluding hydrogens is 373 g/mol. The smallest absolute Gasteiger partial charge is 0.270 e. The van der Waals surface area contributed by atoms with Gasteiger partial charge in [-0.3, -0.25) is 9.59 Å². The second-order valence-corrected chi connectivity index (χ2v) is 7.91. The summed E-state index contributed by atoms with van der Waals surface area (Å²) in [6.07, 6.45) is 3.70. The molecule has 1 aliphatic carbocycles. The van der Waals surface area contributed by atoms with Crippen molar-refractivity contribution in [3.05, 3.63) is 59.7 Å². The number of aromatic nitrogens is 1. The summed E-state index contributed by atoms with van der Waals surface area (Å²) in [4.78, 5) is 31.6. The number of benzene rings is 1. The fourth-order valence-electron chi connectivity index (χ4n) is 4.57. The number of amides is 2. The quantitative estimate of drug-likeness (QED) is 0.831. The van der Waals surface area contributed by atoms with Crippen molar-refractivity contribution < 1.29 is 19.1 Å². The molecule has 2 heterocycles. The molecule has 1 saturated heterocycles. The topological polar surface area (TPSA) is 82.5 Å². The van der Waals surface area contributed by atoms with Gasteiger partial charge in [-0.1, -0.05) is 18.6 Å². The summed E-state index contributed by atoms with van der Waals surface area (Å²) < 4.78 is 13.6. The largest absolute Gasteiger partial charge is 0.390 e. The molecule has 0 radical (unpaired) electrons.